The number of thiazole rings is 1. The highest BCUT2D eigenvalue weighted by molar-refractivity contribution is 7.09. The number of aromatic nitrogens is 3. The molecule has 1 aliphatic heterocycles. The number of H-pyrrole nitrogens is 1. The molecule has 0 radical (unpaired) electrons. The van der Waals surface area contributed by atoms with E-state index in [0.29, 0.717) is 12.3 Å². The summed E-state index contributed by atoms with van der Waals surface area (Å²) < 4.78 is 0. The average molecular weight is 316 g/mol. The molecule has 1 N–H and O–H groups in total. The van der Waals surface area contributed by atoms with E-state index in [1.165, 1.54) is 29.8 Å². The highest BCUT2D eigenvalue weighted by Gasteiger charge is 2.31. The lowest BCUT2D eigenvalue weighted by Crippen LogP contribution is -2.34. The predicted octanol–water partition coefficient (Wildman–Crippen LogP) is 2.22. The molecule has 116 valence electrons. The van der Waals surface area contributed by atoms with Crippen LogP contribution in [-0.4, -0.2) is 39.1 Å². The van der Waals surface area contributed by atoms with E-state index >= 15 is 0 Å². The van der Waals surface area contributed by atoms with E-state index in [0.717, 1.165) is 36.6 Å². The van der Waals surface area contributed by atoms with Crippen LogP contribution in [0, 0.1) is 6.92 Å². The van der Waals surface area contributed by atoms with Crippen molar-refractivity contribution < 1.29 is 4.79 Å². The highest BCUT2D eigenvalue weighted by atomic mass is 32.1. The van der Waals surface area contributed by atoms with Gasteiger partial charge in [-0.1, -0.05) is 0 Å². The summed E-state index contributed by atoms with van der Waals surface area (Å²) in [6, 6.07) is 0. The molecular formula is C16H20N4OS. The van der Waals surface area contributed by atoms with Gasteiger partial charge in [0.05, 0.1) is 22.8 Å². The quantitative estimate of drug-likeness (QED) is 0.944. The van der Waals surface area contributed by atoms with E-state index in [-0.39, 0.29) is 5.91 Å². The SMILES string of the molecule is Cc1nc(CC(=O)N2CCc3[nH]nc(C4CC4)c3CC2)cs1. The van der Waals surface area contributed by atoms with Crippen LogP contribution in [0.15, 0.2) is 5.38 Å². The summed E-state index contributed by atoms with van der Waals surface area (Å²) in [5.41, 5.74) is 4.78. The summed E-state index contributed by atoms with van der Waals surface area (Å²) in [5.74, 6) is 0.858. The number of rotatable bonds is 3. The third-order valence-corrected chi connectivity index (χ3v) is 5.39. The molecule has 0 atom stereocenters. The van der Waals surface area contributed by atoms with Gasteiger partial charge < -0.3 is 4.90 Å². The van der Waals surface area contributed by atoms with Gasteiger partial charge in [-0.25, -0.2) is 4.98 Å². The molecule has 1 aliphatic carbocycles. The van der Waals surface area contributed by atoms with Crippen LogP contribution >= 0.6 is 11.3 Å². The zero-order valence-corrected chi connectivity index (χ0v) is 13.6. The molecule has 4 rings (SSSR count). The number of aryl methyl sites for hydroxylation is 1. The minimum Gasteiger partial charge on any atom is -0.342 e. The van der Waals surface area contributed by atoms with Gasteiger partial charge in [-0.2, -0.15) is 5.10 Å². The van der Waals surface area contributed by atoms with E-state index in [4.69, 9.17) is 0 Å². The Labute approximate surface area is 133 Å². The number of carbonyl (C=O) groups excluding carboxylic acids is 1. The monoisotopic (exact) mass is 316 g/mol. The van der Waals surface area contributed by atoms with Gasteiger partial charge in [-0.3, -0.25) is 9.89 Å². The van der Waals surface area contributed by atoms with E-state index < -0.39 is 0 Å². The number of aromatic amines is 1. The molecule has 2 aliphatic rings. The molecule has 0 aromatic carbocycles. The van der Waals surface area contributed by atoms with E-state index in [9.17, 15) is 4.79 Å². The Morgan fingerprint density at radius 2 is 2.23 bits per heavy atom. The Bertz CT molecular complexity index is 701. The lowest BCUT2D eigenvalue weighted by atomic mass is 10.1. The fourth-order valence-corrected chi connectivity index (χ4v) is 3.82. The van der Waals surface area contributed by atoms with E-state index in [1.807, 2.05) is 17.2 Å². The van der Waals surface area contributed by atoms with Crippen molar-refractivity contribution in [2.45, 2.75) is 44.9 Å². The number of nitrogens with zero attached hydrogens (tertiary/aromatic N) is 3. The van der Waals surface area contributed by atoms with Gasteiger partial charge in [0.25, 0.3) is 0 Å². The van der Waals surface area contributed by atoms with Crippen LogP contribution in [0.5, 0.6) is 0 Å². The molecule has 1 saturated carbocycles. The molecule has 22 heavy (non-hydrogen) atoms. The van der Waals surface area contributed by atoms with E-state index in [2.05, 4.69) is 15.2 Å². The maximum absolute atomic E-state index is 12.5. The minimum absolute atomic E-state index is 0.191. The van der Waals surface area contributed by atoms with Crippen LogP contribution in [0.4, 0.5) is 0 Å². The number of nitrogens with one attached hydrogen (secondary N) is 1. The zero-order valence-electron chi connectivity index (χ0n) is 12.8. The number of fused-ring (bicyclic) bond motifs is 1. The number of amides is 1. The van der Waals surface area contributed by atoms with Gasteiger partial charge in [0.2, 0.25) is 5.91 Å². The Morgan fingerprint density at radius 1 is 1.41 bits per heavy atom. The van der Waals surface area contributed by atoms with Gasteiger partial charge in [0, 0.05) is 36.5 Å². The van der Waals surface area contributed by atoms with Crippen molar-refractivity contribution >= 4 is 17.2 Å². The second kappa shape index (κ2) is 5.50. The summed E-state index contributed by atoms with van der Waals surface area (Å²) in [6.07, 6.45) is 4.77. The van der Waals surface area contributed by atoms with Crippen molar-refractivity contribution in [3.05, 3.63) is 33.0 Å². The molecule has 0 saturated heterocycles. The van der Waals surface area contributed by atoms with Crippen molar-refractivity contribution in [3.63, 3.8) is 0 Å². The van der Waals surface area contributed by atoms with Crippen LogP contribution in [0.25, 0.3) is 0 Å². The second-order valence-electron chi connectivity index (χ2n) is 6.26. The average Bonchev–Trinajstić information content (AvgIpc) is 3.21. The zero-order chi connectivity index (χ0) is 15.1. The molecule has 0 spiro atoms. The van der Waals surface area contributed by atoms with Crippen LogP contribution in [-0.2, 0) is 24.1 Å². The fraction of sp³-hybridized carbons (Fsp3) is 0.562. The van der Waals surface area contributed by atoms with Crippen molar-refractivity contribution in [2.24, 2.45) is 0 Å². The fourth-order valence-electron chi connectivity index (χ4n) is 3.21. The molecular weight excluding hydrogens is 296 g/mol. The summed E-state index contributed by atoms with van der Waals surface area (Å²) in [7, 11) is 0. The molecule has 0 bridgehead atoms. The van der Waals surface area contributed by atoms with Gasteiger partial charge >= 0.3 is 0 Å². The van der Waals surface area contributed by atoms with Gasteiger partial charge in [-0.15, -0.1) is 11.3 Å². The first kappa shape index (κ1) is 13.9. The van der Waals surface area contributed by atoms with Crippen LogP contribution in [0.1, 0.15) is 46.4 Å². The van der Waals surface area contributed by atoms with Crippen LogP contribution < -0.4 is 0 Å². The Balaban J connectivity index is 1.44. The standard InChI is InChI=1S/C16H20N4OS/c1-10-17-12(9-22-10)8-15(21)20-6-4-13-14(5-7-20)18-19-16(13)11-2-3-11/h9,11H,2-8H2,1H3,(H,18,19). The largest absolute Gasteiger partial charge is 0.342 e. The van der Waals surface area contributed by atoms with Gasteiger partial charge in [0.1, 0.15) is 0 Å². The Hall–Kier alpha value is -1.69. The first-order valence-corrected chi connectivity index (χ1v) is 8.83. The summed E-state index contributed by atoms with van der Waals surface area (Å²) in [4.78, 5) is 18.9. The van der Waals surface area contributed by atoms with Crippen molar-refractivity contribution in [2.75, 3.05) is 13.1 Å². The van der Waals surface area contributed by atoms with Crippen molar-refractivity contribution in [3.8, 4) is 0 Å². The lowest BCUT2D eigenvalue weighted by molar-refractivity contribution is -0.130. The normalized spacial score (nSPS) is 18.1. The van der Waals surface area contributed by atoms with Crippen LogP contribution in [0.2, 0.25) is 0 Å². The number of hydrogen-bond donors (Lipinski definition) is 1. The molecule has 1 fully saturated rings. The van der Waals surface area contributed by atoms with Gasteiger partial charge in [-0.05, 0) is 31.7 Å². The topological polar surface area (TPSA) is 61.9 Å². The Kier molecular flexibility index (Phi) is 3.48. The maximum Gasteiger partial charge on any atom is 0.228 e. The lowest BCUT2D eigenvalue weighted by Gasteiger charge is -2.19. The third-order valence-electron chi connectivity index (χ3n) is 4.56. The van der Waals surface area contributed by atoms with Crippen LogP contribution in [0.3, 0.4) is 0 Å². The predicted molar refractivity (Wildman–Crippen MR) is 85.1 cm³/mol. The van der Waals surface area contributed by atoms with Crippen molar-refractivity contribution in [1.29, 1.82) is 0 Å². The molecule has 0 unspecified atom stereocenters. The molecule has 2 aromatic rings. The molecule has 2 aromatic heterocycles. The summed E-state index contributed by atoms with van der Waals surface area (Å²) in [5, 5.41) is 10.7. The summed E-state index contributed by atoms with van der Waals surface area (Å²) >= 11 is 1.61. The molecule has 1 amide bonds. The second-order valence-corrected chi connectivity index (χ2v) is 7.32. The van der Waals surface area contributed by atoms with Crippen molar-refractivity contribution in [1.82, 2.24) is 20.1 Å². The first-order chi connectivity index (χ1) is 10.7. The molecule has 5 nitrogen and oxygen atoms in total. The van der Waals surface area contributed by atoms with Gasteiger partial charge in [0.15, 0.2) is 0 Å². The maximum atomic E-state index is 12.5. The molecule has 6 heteroatoms. The smallest absolute Gasteiger partial charge is 0.228 e. The molecule has 3 heterocycles. The van der Waals surface area contributed by atoms with E-state index in [1.54, 1.807) is 11.3 Å². The minimum atomic E-state index is 0.191. The number of carbonyl (C=O) groups is 1. The summed E-state index contributed by atoms with van der Waals surface area (Å²) in [6.45, 7) is 3.55. The third kappa shape index (κ3) is 2.67. The first-order valence-electron chi connectivity index (χ1n) is 7.95. The highest BCUT2D eigenvalue weighted by Crippen LogP contribution is 2.41. The Morgan fingerprint density at radius 3 is 2.95 bits per heavy atom. The number of hydrogen-bond acceptors (Lipinski definition) is 4.